The van der Waals surface area contributed by atoms with E-state index in [1.54, 1.807) is 0 Å². The first-order chi connectivity index (χ1) is 9.56. The van der Waals surface area contributed by atoms with E-state index < -0.39 is 7.60 Å². The molecule has 0 aliphatic carbocycles. The molecule has 0 spiro atoms. The molecule has 0 aliphatic heterocycles. The van der Waals surface area contributed by atoms with E-state index in [1.165, 1.54) is 70.6 Å². The van der Waals surface area contributed by atoms with Gasteiger partial charge in [-0.15, -0.1) is 0 Å². The zero-order valence-electron chi connectivity index (χ0n) is 15.4. The first-order valence-corrected chi connectivity index (χ1v) is 10.4. The van der Waals surface area contributed by atoms with Crippen LogP contribution in [0.15, 0.2) is 0 Å². The molecule has 0 heterocycles. The van der Waals surface area contributed by atoms with Crippen LogP contribution in [0.4, 0.5) is 0 Å². The van der Waals surface area contributed by atoms with Crippen molar-refractivity contribution in [2.75, 3.05) is 6.16 Å². The molecular formula is C16H36KO3P. The van der Waals surface area contributed by atoms with Crippen molar-refractivity contribution in [1.82, 2.24) is 0 Å². The van der Waals surface area contributed by atoms with Gasteiger partial charge in [-0.1, -0.05) is 90.4 Å². The Balaban J connectivity index is -0.00000180. The summed E-state index contributed by atoms with van der Waals surface area (Å²) in [7, 11) is -3.75. The van der Waals surface area contributed by atoms with Crippen LogP contribution in [0, 0.1) is 0 Å². The van der Waals surface area contributed by atoms with E-state index in [4.69, 9.17) is 9.79 Å². The second-order valence-electron chi connectivity index (χ2n) is 5.98. The van der Waals surface area contributed by atoms with Crippen LogP contribution in [-0.4, -0.2) is 15.9 Å². The summed E-state index contributed by atoms with van der Waals surface area (Å²) < 4.78 is 10.6. The summed E-state index contributed by atoms with van der Waals surface area (Å²) in [6.07, 6.45) is 17.7. The van der Waals surface area contributed by atoms with E-state index in [-0.39, 0.29) is 59.0 Å². The normalized spacial score (nSPS) is 11.4. The van der Waals surface area contributed by atoms with Crippen molar-refractivity contribution in [2.45, 2.75) is 96.8 Å². The van der Waals surface area contributed by atoms with Crippen molar-refractivity contribution in [3.05, 3.63) is 0 Å². The fourth-order valence-corrected chi connectivity index (χ4v) is 3.15. The summed E-state index contributed by atoms with van der Waals surface area (Å²) >= 11 is 0. The Labute approximate surface area is 176 Å². The van der Waals surface area contributed by atoms with Crippen molar-refractivity contribution >= 4 is 7.60 Å². The van der Waals surface area contributed by atoms with Gasteiger partial charge in [-0.05, 0) is 6.42 Å². The topological polar surface area (TPSA) is 57.5 Å². The zero-order chi connectivity index (χ0) is 15.1. The standard InChI is InChI=1S/C16H35O3P.K.H/c1-2-3-4-5-6-7-8-9-10-11-12-13-14-15-16-20(17,18)19;;/h2-16H2,1H3,(H2,17,18,19);;/q;+1;-1. The first kappa shape index (κ1) is 25.0. The molecular weight excluding hydrogens is 310 g/mol. The van der Waals surface area contributed by atoms with Gasteiger partial charge >= 0.3 is 59.0 Å². The Morgan fingerprint density at radius 2 is 0.952 bits per heavy atom. The molecule has 0 radical (unpaired) electrons. The third kappa shape index (κ3) is 24.2. The third-order valence-corrected chi connectivity index (χ3v) is 4.70. The SMILES string of the molecule is CCCCCCCCCCCCCCCCP(=O)(O)O.[H-].[K+]. The predicted octanol–water partition coefficient (Wildman–Crippen LogP) is 2.76. The smallest absolute Gasteiger partial charge is 1.00 e. The van der Waals surface area contributed by atoms with Gasteiger partial charge in [0.05, 0.1) is 0 Å². The molecule has 0 unspecified atom stereocenters. The minimum atomic E-state index is -3.75. The van der Waals surface area contributed by atoms with Crippen LogP contribution < -0.4 is 51.4 Å². The van der Waals surface area contributed by atoms with Crippen molar-refractivity contribution in [2.24, 2.45) is 0 Å². The second kappa shape index (κ2) is 18.1. The van der Waals surface area contributed by atoms with Gasteiger partial charge in [0.2, 0.25) is 0 Å². The van der Waals surface area contributed by atoms with Gasteiger partial charge in [0.15, 0.2) is 0 Å². The summed E-state index contributed by atoms with van der Waals surface area (Å²) in [5.74, 6) is 0. The fourth-order valence-electron chi connectivity index (χ4n) is 2.51. The van der Waals surface area contributed by atoms with Crippen LogP contribution in [-0.2, 0) is 4.57 Å². The summed E-state index contributed by atoms with van der Waals surface area (Å²) in [6.45, 7) is 2.26. The average molecular weight is 347 g/mol. The van der Waals surface area contributed by atoms with Crippen molar-refractivity contribution in [1.29, 1.82) is 0 Å². The second-order valence-corrected chi connectivity index (χ2v) is 7.76. The van der Waals surface area contributed by atoms with E-state index in [2.05, 4.69) is 6.92 Å². The Kier molecular flexibility index (Phi) is 21.6. The van der Waals surface area contributed by atoms with Crippen LogP contribution >= 0.6 is 7.60 Å². The van der Waals surface area contributed by atoms with Crippen molar-refractivity contribution in [3.63, 3.8) is 0 Å². The Morgan fingerprint density at radius 1 is 0.667 bits per heavy atom. The molecule has 0 bridgehead atoms. The maximum Gasteiger partial charge on any atom is 1.00 e. The average Bonchev–Trinajstić information content (AvgIpc) is 2.38. The maximum atomic E-state index is 10.6. The molecule has 2 N–H and O–H groups in total. The maximum absolute atomic E-state index is 10.6. The van der Waals surface area contributed by atoms with Crippen molar-refractivity contribution < 1.29 is 67.2 Å². The van der Waals surface area contributed by atoms with Crippen LogP contribution in [0.5, 0.6) is 0 Å². The van der Waals surface area contributed by atoms with Crippen LogP contribution in [0.2, 0.25) is 0 Å². The largest absolute Gasteiger partial charge is 1.00 e. The summed E-state index contributed by atoms with van der Waals surface area (Å²) in [6, 6.07) is 0. The molecule has 0 aromatic heterocycles. The number of hydrogen-bond donors (Lipinski definition) is 2. The van der Waals surface area contributed by atoms with Crippen LogP contribution in [0.1, 0.15) is 98.2 Å². The Bertz CT molecular complexity index is 250. The number of hydrogen-bond acceptors (Lipinski definition) is 1. The van der Waals surface area contributed by atoms with E-state index in [1.807, 2.05) is 0 Å². The summed E-state index contributed by atoms with van der Waals surface area (Å²) in [5.41, 5.74) is 0. The summed E-state index contributed by atoms with van der Waals surface area (Å²) in [5, 5.41) is 0. The van der Waals surface area contributed by atoms with Gasteiger partial charge in [0.25, 0.3) is 0 Å². The molecule has 124 valence electrons. The molecule has 0 aromatic rings. The van der Waals surface area contributed by atoms with E-state index in [9.17, 15) is 4.57 Å². The molecule has 0 saturated carbocycles. The van der Waals surface area contributed by atoms with E-state index in [0.717, 1.165) is 12.8 Å². The molecule has 0 rings (SSSR count). The van der Waals surface area contributed by atoms with Gasteiger partial charge in [-0.3, -0.25) is 4.57 Å². The van der Waals surface area contributed by atoms with Crippen molar-refractivity contribution in [3.8, 4) is 0 Å². The molecule has 0 aliphatic rings. The molecule has 0 atom stereocenters. The molecule has 0 amide bonds. The molecule has 5 heteroatoms. The summed E-state index contributed by atoms with van der Waals surface area (Å²) in [4.78, 5) is 17.4. The first-order valence-electron chi connectivity index (χ1n) is 8.61. The van der Waals surface area contributed by atoms with Crippen LogP contribution in [0.3, 0.4) is 0 Å². The minimum Gasteiger partial charge on any atom is -1.00 e. The number of rotatable bonds is 15. The van der Waals surface area contributed by atoms with Gasteiger partial charge in [0, 0.05) is 6.16 Å². The fraction of sp³-hybridized carbons (Fsp3) is 1.00. The minimum absolute atomic E-state index is 0. The monoisotopic (exact) mass is 346 g/mol. The van der Waals surface area contributed by atoms with Gasteiger partial charge in [0.1, 0.15) is 0 Å². The quantitative estimate of drug-likeness (QED) is 0.272. The Hall–Kier alpha value is 1.79. The predicted molar refractivity (Wildman–Crippen MR) is 88.3 cm³/mol. The van der Waals surface area contributed by atoms with E-state index >= 15 is 0 Å². The third-order valence-electron chi connectivity index (χ3n) is 3.80. The molecule has 21 heavy (non-hydrogen) atoms. The van der Waals surface area contributed by atoms with Gasteiger partial charge in [-0.2, -0.15) is 0 Å². The number of unbranched alkanes of at least 4 members (excludes halogenated alkanes) is 13. The van der Waals surface area contributed by atoms with Crippen LogP contribution in [0.25, 0.3) is 0 Å². The van der Waals surface area contributed by atoms with Gasteiger partial charge < -0.3 is 11.2 Å². The molecule has 0 aromatic carbocycles. The molecule has 3 nitrogen and oxygen atoms in total. The molecule has 0 fully saturated rings. The van der Waals surface area contributed by atoms with Gasteiger partial charge in [-0.25, -0.2) is 0 Å². The molecule has 0 saturated heterocycles. The Morgan fingerprint density at radius 3 is 1.24 bits per heavy atom. The van der Waals surface area contributed by atoms with E-state index in [0.29, 0.717) is 6.42 Å². The zero-order valence-corrected chi connectivity index (χ0v) is 18.4.